The highest BCUT2D eigenvalue weighted by Crippen LogP contribution is 2.24. The zero-order chi connectivity index (χ0) is 19.5. The topological polar surface area (TPSA) is 99.9 Å². The molecule has 2 amide bonds. The van der Waals surface area contributed by atoms with Crippen molar-refractivity contribution in [3.63, 3.8) is 0 Å². The van der Waals surface area contributed by atoms with Crippen molar-refractivity contribution in [2.75, 3.05) is 13.1 Å². The second-order valence-electron chi connectivity index (χ2n) is 7.27. The van der Waals surface area contributed by atoms with Gasteiger partial charge in [0.2, 0.25) is 0 Å². The highest BCUT2D eigenvalue weighted by Gasteiger charge is 2.27. The number of rotatable bonds is 4. The SMILES string of the molecule is Cc1ccc(-c2cc(CNC(=O)N3CCC[C@H](c4n[nH]c(C)n4)C3)no2)cc1. The van der Waals surface area contributed by atoms with Crippen molar-refractivity contribution in [2.24, 2.45) is 0 Å². The van der Waals surface area contributed by atoms with Gasteiger partial charge in [-0.2, -0.15) is 5.10 Å². The number of nitrogens with one attached hydrogen (secondary N) is 2. The lowest BCUT2D eigenvalue weighted by Crippen LogP contribution is -2.44. The molecule has 1 fully saturated rings. The summed E-state index contributed by atoms with van der Waals surface area (Å²) in [4.78, 5) is 18.8. The number of piperidine rings is 1. The summed E-state index contributed by atoms with van der Waals surface area (Å²) in [5.74, 6) is 2.45. The van der Waals surface area contributed by atoms with Gasteiger partial charge in [0.15, 0.2) is 11.6 Å². The van der Waals surface area contributed by atoms with E-state index in [4.69, 9.17) is 4.52 Å². The summed E-state index contributed by atoms with van der Waals surface area (Å²) in [7, 11) is 0. The summed E-state index contributed by atoms with van der Waals surface area (Å²) in [6.45, 7) is 5.61. The number of hydrogen-bond donors (Lipinski definition) is 2. The van der Waals surface area contributed by atoms with Crippen LogP contribution in [0.1, 0.15) is 41.7 Å². The monoisotopic (exact) mass is 380 g/mol. The van der Waals surface area contributed by atoms with Crippen LogP contribution in [0.25, 0.3) is 11.3 Å². The molecule has 0 bridgehead atoms. The van der Waals surface area contributed by atoms with Gasteiger partial charge in [0, 0.05) is 30.6 Å². The van der Waals surface area contributed by atoms with Crippen LogP contribution < -0.4 is 5.32 Å². The molecule has 1 aromatic carbocycles. The average molecular weight is 380 g/mol. The number of carbonyl (C=O) groups excluding carboxylic acids is 1. The largest absolute Gasteiger partial charge is 0.356 e. The molecule has 8 heteroatoms. The van der Waals surface area contributed by atoms with E-state index < -0.39 is 0 Å². The van der Waals surface area contributed by atoms with Gasteiger partial charge in [0.25, 0.3) is 0 Å². The Morgan fingerprint density at radius 1 is 1.32 bits per heavy atom. The number of aromatic amines is 1. The zero-order valence-corrected chi connectivity index (χ0v) is 16.1. The number of aromatic nitrogens is 4. The molecule has 0 unspecified atom stereocenters. The van der Waals surface area contributed by atoms with Crippen molar-refractivity contribution in [3.8, 4) is 11.3 Å². The zero-order valence-electron chi connectivity index (χ0n) is 16.1. The van der Waals surface area contributed by atoms with Crippen LogP contribution >= 0.6 is 0 Å². The molecule has 0 radical (unpaired) electrons. The number of aryl methyl sites for hydroxylation is 2. The van der Waals surface area contributed by atoms with Crippen LogP contribution in [-0.2, 0) is 6.54 Å². The van der Waals surface area contributed by atoms with Gasteiger partial charge in [-0.15, -0.1) is 0 Å². The number of likely N-dealkylation sites (tertiary alicyclic amines) is 1. The standard InChI is InChI=1S/C20H24N6O2/c1-13-5-7-15(8-6-13)18-10-17(25-28-18)11-21-20(27)26-9-3-4-16(12-26)19-22-14(2)23-24-19/h5-8,10,16H,3-4,9,11-12H2,1-2H3,(H,21,27)(H,22,23,24)/t16-/m0/s1. The van der Waals surface area contributed by atoms with E-state index in [0.717, 1.165) is 36.6 Å². The smallest absolute Gasteiger partial charge is 0.317 e. The van der Waals surface area contributed by atoms with Crippen molar-refractivity contribution < 1.29 is 9.32 Å². The van der Waals surface area contributed by atoms with Gasteiger partial charge in [0.1, 0.15) is 11.5 Å². The Kier molecular flexibility index (Phi) is 5.10. The van der Waals surface area contributed by atoms with Crippen molar-refractivity contribution in [1.29, 1.82) is 0 Å². The summed E-state index contributed by atoms with van der Waals surface area (Å²) in [5, 5.41) is 14.1. The Bertz CT molecular complexity index is 946. The van der Waals surface area contributed by atoms with Crippen molar-refractivity contribution in [1.82, 2.24) is 30.6 Å². The second-order valence-corrected chi connectivity index (χ2v) is 7.27. The number of benzene rings is 1. The molecule has 3 heterocycles. The van der Waals surface area contributed by atoms with E-state index in [9.17, 15) is 4.79 Å². The molecule has 2 N–H and O–H groups in total. The number of nitrogens with zero attached hydrogens (tertiary/aromatic N) is 4. The van der Waals surface area contributed by atoms with E-state index in [1.165, 1.54) is 5.56 Å². The van der Waals surface area contributed by atoms with Gasteiger partial charge in [-0.05, 0) is 26.7 Å². The predicted molar refractivity (Wildman–Crippen MR) is 104 cm³/mol. The third-order valence-electron chi connectivity index (χ3n) is 5.00. The molecular weight excluding hydrogens is 356 g/mol. The van der Waals surface area contributed by atoms with Gasteiger partial charge >= 0.3 is 6.03 Å². The van der Waals surface area contributed by atoms with Gasteiger partial charge in [-0.3, -0.25) is 5.10 Å². The van der Waals surface area contributed by atoms with Crippen LogP contribution in [0.3, 0.4) is 0 Å². The van der Waals surface area contributed by atoms with E-state index in [-0.39, 0.29) is 11.9 Å². The van der Waals surface area contributed by atoms with Crippen molar-refractivity contribution in [3.05, 3.63) is 53.2 Å². The number of urea groups is 1. The molecule has 1 saturated heterocycles. The summed E-state index contributed by atoms with van der Waals surface area (Å²) in [6, 6.07) is 9.81. The van der Waals surface area contributed by atoms with Gasteiger partial charge in [-0.1, -0.05) is 35.0 Å². The second kappa shape index (κ2) is 7.84. The summed E-state index contributed by atoms with van der Waals surface area (Å²) < 4.78 is 5.41. The maximum atomic E-state index is 12.6. The fourth-order valence-corrected chi connectivity index (χ4v) is 3.44. The van der Waals surface area contributed by atoms with Crippen LogP contribution in [-0.4, -0.2) is 44.4 Å². The predicted octanol–water partition coefficient (Wildman–Crippen LogP) is 3.17. The Labute approximate surface area is 163 Å². The fraction of sp³-hybridized carbons (Fsp3) is 0.400. The molecule has 146 valence electrons. The Morgan fingerprint density at radius 2 is 2.14 bits per heavy atom. The molecule has 0 spiro atoms. The maximum Gasteiger partial charge on any atom is 0.317 e. The van der Waals surface area contributed by atoms with Crippen LogP contribution in [0.15, 0.2) is 34.9 Å². The highest BCUT2D eigenvalue weighted by atomic mass is 16.5. The van der Waals surface area contributed by atoms with Crippen LogP contribution in [0.4, 0.5) is 4.79 Å². The van der Waals surface area contributed by atoms with E-state index in [2.05, 4.69) is 25.7 Å². The van der Waals surface area contributed by atoms with E-state index >= 15 is 0 Å². The molecule has 4 rings (SSSR count). The van der Waals surface area contributed by atoms with Gasteiger partial charge in [-0.25, -0.2) is 9.78 Å². The summed E-state index contributed by atoms with van der Waals surface area (Å²) in [5.41, 5.74) is 2.86. The maximum absolute atomic E-state index is 12.6. The molecule has 0 aliphatic carbocycles. The summed E-state index contributed by atoms with van der Waals surface area (Å²) in [6.07, 6.45) is 1.93. The van der Waals surface area contributed by atoms with Crippen LogP contribution in [0.5, 0.6) is 0 Å². The lowest BCUT2D eigenvalue weighted by molar-refractivity contribution is 0.177. The van der Waals surface area contributed by atoms with E-state index in [1.807, 2.05) is 49.1 Å². The van der Waals surface area contributed by atoms with Crippen molar-refractivity contribution >= 4 is 6.03 Å². The normalized spacial score (nSPS) is 16.9. The molecule has 28 heavy (non-hydrogen) atoms. The first-order valence-corrected chi connectivity index (χ1v) is 9.53. The van der Waals surface area contributed by atoms with Crippen molar-refractivity contribution in [2.45, 2.75) is 39.2 Å². The minimum Gasteiger partial charge on any atom is -0.356 e. The van der Waals surface area contributed by atoms with Crippen LogP contribution in [0, 0.1) is 13.8 Å². The minimum atomic E-state index is -0.100. The lowest BCUT2D eigenvalue weighted by Gasteiger charge is -2.31. The first-order chi connectivity index (χ1) is 13.6. The summed E-state index contributed by atoms with van der Waals surface area (Å²) >= 11 is 0. The molecular formula is C20H24N6O2. The van der Waals surface area contributed by atoms with E-state index in [0.29, 0.717) is 24.5 Å². The molecule has 8 nitrogen and oxygen atoms in total. The van der Waals surface area contributed by atoms with Gasteiger partial charge < -0.3 is 14.7 Å². The molecule has 1 atom stereocenters. The first-order valence-electron chi connectivity index (χ1n) is 9.53. The molecule has 1 aliphatic rings. The Morgan fingerprint density at radius 3 is 2.89 bits per heavy atom. The van der Waals surface area contributed by atoms with E-state index in [1.54, 1.807) is 0 Å². The number of amides is 2. The number of carbonyl (C=O) groups is 1. The van der Waals surface area contributed by atoms with Gasteiger partial charge in [0.05, 0.1) is 6.54 Å². The molecule has 1 aliphatic heterocycles. The first kappa shape index (κ1) is 18.2. The quantitative estimate of drug-likeness (QED) is 0.724. The third kappa shape index (κ3) is 4.05. The number of H-pyrrole nitrogens is 1. The fourth-order valence-electron chi connectivity index (χ4n) is 3.44. The van der Waals surface area contributed by atoms with Crippen LogP contribution in [0.2, 0.25) is 0 Å². The highest BCUT2D eigenvalue weighted by molar-refractivity contribution is 5.74. The lowest BCUT2D eigenvalue weighted by atomic mass is 9.98. The minimum absolute atomic E-state index is 0.100. The third-order valence-corrected chi connectivity index (χ3v) is 5.00. The molecule has 0 saturated carbocycles. The number of hydrogen-bond acceptors (Lipinski definition) is 5. The Balaban J connectivity index is 1.33. The molecule has 2 aromatic heterocycles. The average Bonchev–Trinajstić information content (AvgIpc) is 3.36. The molecule has 3 aromatic rings. The Hall–Kier alpha value is -3.16.